The second-order valence-corrected chi connectivity index (χ2v) is 6.09. The van der Waals surface area contributed by atoms with E-state index in [-0.39, 0.29) is 5.91 Å². The van der Waals surface area contributed by atoms with E-state index in [0.29, 0.717) is 5.75 Å². The van der Waals surface area contributed by atoms with Crippen LogP contribution in [0, 0.1) is 6.92 Å². The van der Waals surface area contributed by atoms with Crippen LogP contribution < -0.4 is 11.1 Å². The Morgan fingerprint density at radius 2 is 1.57 bits per heavy atom. The third-order valence-electron chi connectivity index (χ3n) is 3.18. The average Bonchev–Trinajstić information content (AvgIpc) is 2.86. The summed E-state index contributed by atoms with van der Waals surface area (Å²) in [5.41, 5.74) is 8.37. The predicted molar refractivity (Wildman–Crippen MR) is 102 cm³/mol. The molecule has 3 nitrogen and oxygen atoms in total. The molecule has 2 aromatic rings. The second-order valence-electron chi connectivity index (χ2n) is 4.99. The number of hydrogen-bond acceptors (Lipinski definition) is 3. The van der Waals surface area contributed by atoms with Crippen molar-refractivity contribution in [2.45, 2.75) is 13.3 Å². The molecule has 3 N–H and O–H groups in total. The third kappa shape index (κ3) is 7.86. The van der Waals surface area contributed by atoms with Gasteiger partial charge in [-0.2, -0.15) is 11.8 Å². The first-order valence-electron chi connectivity index (χ1n) is 7.80. The van der Waals surface area contributed by atoms with Crippen molar-refractivity contribution in [1.29, 1.82) is 0 Å². The zero-order chi connectivity index (χ0) is 16.9. The van der Waals surface area contributed by atoms with Gasteiger partial charge in [-0.15, -0.1) is 0 Å². The van der Waals surface area contributed by atoms with Gasteiger partial charge in [0.05, 0.1) is 5.75 Å². The summed E-state index contributed by atoms with van der Waals surface area (Å²) in [5, 5.41) is 2.78. The quantitative estimate of drug-likeness (QED) is 0.842. The zero-order valence-electron chi connectivity index (χ0n) is 13.9. The van der Waals surface area contributed by atoms with Crippen LogP contribution in [0.2, 0.25) is 0 Å². The molecule has 1 aliphatic rings. The Hall–Kier alpha value is -1.78. The number of carbonyl (C=O) groups is 1. The van der Waals surface area contributed by atoms with Crippen LogP contribution in [0.5, 0.6) is 0 Å². The first-order valence-corrected chi connectivity index (χ1v) is 8.95. The molecule has 0 saturated carbocycles. The highest BCUT2D eigenvalue weighted by Crippen LogP contribution is 2.18. The van der Waals surface area contributed by atoms with Gasteiger partial charge in [0.25, 0.3) is 0 Å². The van der Waals surface area contributed by atoms with Crippen LogP contribution in [0.3, 0.4) is 0 Å². The number of hydrogen-bond donors (Lipinski definition) is 2. The van der Waals surface area contributed by atoms with E-state index < -0.39 is 0 Å². The van der Waals surface area contributed by atoms with Crippen LogP contribution in [-0.2, 0) is 4.79 Å². The van der Waals surface area contributed by atoms with Crippen molar-refractivity contribution in [2.24, 2.45) is 5.73 Å². The zero-order valence-corrected chi connectivity index (χ0v) is 14.7. The molecule has 1 aliphatic heterocycles. The van der Waals surface area contributed by atoms with E-state index in [2.05, 4.69) is 66.5 Å². The van der Waals surface area contributed by atoms with Gasteiger partial charge in [-0.1, -0.05) is 60.2 Å². The van der Waals surface area contributed by atoms with Crippen LogP contribution in [0.4, 0.5) is 0 Å². The average molecular weight is 330 g/mol. The van der Waals surface area contributed by atoms with Crippen LogP contribution in [0.1, 0.15) is 12.0 Å². The van der Waals surface area contributed by atoms with E-state index in [1.807, 2.05) is 6.07 Å². The number of carbonyl (C=O) groups excluding carboxylic acids is 1. The summed E-state index contributed by atoms with van der Waals surface area (Å²) in [6.45, 7) is 2.97. The molecule has 4 heteroatoms. The van der Waals surface area contributed by atoms with Gasteiger partial charge >= 0.3 is 0 Å². The molecule has 1 saturated heterocycles. The number of nitrogens with one attached hydrogen (secondary N) is 1. The molecular formula is C19H26N2OS. The standard InChI is InChI=1S/C13H12.C5H9NOS.CH5N/c1-11-7-9-13(10-8-11)12-5-3-2-4-6-12;7-5-4-8-3-1-2-6-5;1-2/h2-10H,1H3;1-4H2,(H,6,7);2H2,1H3. The number of rotatable bonds is 1. The van der Waals surface area contributed by atoms with Crippen molar-refractivity contribution in [3.05, 3.63) is 60.2 Å². The molecule has 1 fully saturated rings. The van der Waals surface area contributed by atoms with Gasteiger partial charge in [0.15, 0.2) is 0 Å². The lowest BCUT2D eigenvalue weighted by molar-refractivity contribution is -0.118. The molecule has 0 bridgehead atoms. The van der Waals surface area contributed by atoms with Gasteiger partial charge in [-0.05, 0) is 37.3 Å². The van der Waals surface area contributed by atoms with E-state index in [1.165, 1.54) is 23.7 Å². The van der Waals surface area contributed by atoms with Crippen LogP contribution in [0.15, 0.2) is 54.6 Å². The van der Waals surface area contributed by atoms with Crippen molar-refractivity contribution in [3.8, 4) is 11.1 Å². The highest BCUT2D eigenvalue weighted by atomic mass is 32.2. The summed E-state index contributed by atoms with van der Waals surface area (Å²) in [6.07, 6.45) is 1.12. The van der Waals surface area contributed by atoms with E-state index >= 15 is 0 Å². The molecule has 124 valence electrons. The Morgan fingerprint density at radius 1 is 0.957 bits per heavy atom. The summed E-state index contributed by atoms with van der Waals surface area (Å²) in [4.78, 5) is 10.6. The topological polar surface area (TPSA) is 55.1 Å². The number of nitrogens with two attached hydrogens (primary N) is 1. The van der Waals surface area contributed by atoms with Crippen molar-refractivity contribution >= 4 is 17.7 Å². The fraction of sp³-hybridized carbons (Fsp3) is 0.316. The number of amides is 1. The minimum atomic E-state index is 0.188. The van der Waals surface area contributed by atoms with E-state index in [4.69, 9.17) is 0 Å². The molecule has 0 unspecified atom stereocenters. The smallest absolute Gasteiger partial charge is 0.229 e. The van der Waals surface area contributed by atoms with Gasteiger partial charge in [-0.25, -0.2) is 0 Å². The summed E-state index contributed by atoms with van der Waals surface area (Å²) < 4.78 is 0. The Morgan fingerprint density at radius 3 is 2.22 bits per heavy atom. The molecule has 0 radical (unpaired) electrons. The molecule has 2 aromatic carbocycles. The van der Waals surface area contributed by atoms with E-state index in [0.717, 1.165) is 18.7 Å². The normalized spacial score (nSPS) is 13.4. The minimum absolute atomic E-state index is 0.188. The fourth-order valence-corrected chi connectivity index (χ4v) is 2.77. The first kappa shape index (κ1) is 19.3. The van der Waals surface area contributed by atoms with Gasteiger partial charge in [-0.3, -0.25) is 4.79 Å². The maximum Gasteiger partial charge on any atom is 0.229 e. The highest BCUT2D eigenvalue weighted by Gasteiger charge is 2.03. The molecule has 1 amide bonds. The Labute approximate surface area is 143 Å². The molecule has 3 rings (SSSR count). The second kappa shape index (κ2) is 11.7. The Balaban J connectivity index is 0.000000228. The van der Waals surface area contributed by atoms with Crippen LogP contribution in [0.25, 0.3) is 11.1 Å². The summed E-state index contributed by atoms with van der Waals surface area (Å²) in [6, 6.07) is 19.0. The molecule has 0 aliphatic carbocycles. The van der Waals surface area contributed by atoms with Crippen molar-refractivity contribution in [1.82, 2.24) is 5.32 Å². The summed E-state index contributed by atoms with van der Waals surface area (Å²) in [7, 11) is 1.50. The van der Waals surface area contributed by atoms with Crippen molar-refractivity contribution in [3.63, 3.8) is 0 Å². The summed E-state index contributed by atoms with van der Waals surface area (Å²) >= 11 is 1.71. The number of benzene rings is 2. The van der Waals surface area contributed by atoms with Gasteiger partial charge in [0.2, 0.25) is 5.91 Å². The lowest BCUT2D eigenvalue weighted by atomic mass is 10.0. The van der Waals surface area contributed by atoms with Gasteiger partial charge < -0.3 is 11.1 Å². The lowest BCUT2D eigenvalue weighted by Gasteiger charge is -2.00. The van der Waals surface area contributed by atoms with Gasteiger partial charge in [0, 0.05) is 6.54 Å². The van der Waals surface area contributed by atoms with Gasteiger partial charge in [0.1, 0.15) is 0 Å². The molecule has 0 atom stereocenters. The van der Waals surface area contributed by atoms with E-state index in [1.54, 1.807) is 11.8 Å². The molecular weight excluding hydrogens is 304 g/mol. The number of thioether (sulfide) groups is 1. The molecule has 23 heavy (non-hydrogen) atoms. The third-order valence-corrected chi connectivity index (χ3v) is 4.22. The predicted octanol–water partition coefficient (Wildman–Crippen LogP) is 3.48. The van der Waals surface area contributed by atoms with Crippen LogP contribution >= 0.6 is 11.8 Å². The molecule has 0 spiro atoms. The monoisotopic (exact) mass is 330 g/mol. The molecule has 0 aromatic heterocycles. The van der Waals surface area contributed by atoms with Crippen LogP contribution in [-0.4, -0.2) is 31.0 Å². The Kier molecular flexibility index (Phi) is 9.84. The lowest BCUT2D eigenvalue weighted by Crippen LogP contribution is -2.23. The minimum Gasteiger partial charge on any atom is -0.355 e. The fourth-order valence-electron chi connectivity index (χ4n) is 1.99. The molecule has 1 heterocycles. The summed E-state index contributed by atoms with van der Waals surface area (Å²) in [5.74, 6) is 1.96. The Bertz CT molecular complexity index is 545. The van der Waals surface area contributed by atoms with Crippen molar-refractivity contribution < 1.29 is 4.79 Å². The largest absolute Gasteiger partial charge is 0.355 e. The van der Waals surface area contributed by atoms with Crippen molar-refractivity contribution in [2.75, 3.05) is 25.1 Å². The number of aryl methyl sites for hydroxylation is 1. The maximum atomic E-state index is 10.6. The van der Waals surface area contributed by atoms with E-state index in [9.17, 15) is 4.79 Å². The maximum absolute atomic E-state index is 10.6. The SMILES string of the molecule is CN.Cc1ccc(-c2ccccc2)cc1.O=C1CSCCCN1. The highest BCUT2D eigenvalue weighted by molar-refractivity contribution is 7.99. The first-order chi connectivity index (χ1) is 11.3.